The molecular formula is C20H18ClF3O2. The number of ether oxygens (including phenoxy) is 1. The molecular weight excluding hydrogens is 365 g/mol. The average Bonchev–Trinajstić information content (AvgIpc) is 2.63. The van der Waals surface area contributed by atoms with Crippen molar-refractivity contribution in [2.24, 2.45) is 5.92 Å². The summed E-state index contributed by atoms with van der Waals surface area (Å²) in [5.74, 6) is -2.16. The molecule has 2 nitrogen and oxygen atoms in total. The van der Waals surface area contributed by atoms with Crippen molar-refractivity contribution in [2.75, 3.05) is 6.61 Å². The lowest BCUT2D eigenvalue weighted by Gasteiger charge is -2.50. The minimum atomic E-state index is -1.56. The summed E-state index contributed by atoms with van der Waals surface area (Å²) in [6.45, 7) is -0.0980. The molecule has 1 aliphatic carbocycles. The number of alkyl halides is 1. The SMILES string of the molecule is O[C@@H]1CC[C@@]2(Cc3ccc(Cl)cc3)c3c(F)ccc(F)c3OC[C@H]2[C@@H]1F. The minimum Gasteiger partial charge on any atom is -0.490 e. The van der Waals surface area contributed by atoms with E-state index in [0.29, 0.717) is 17.9 Å². The molecule has 0 amide bonds. The molecule has 0 spiro atoms. The smallest absolute Gasteiger partial charge is 0.165 e. The zero-order valence-electron chi connectivity index (χ0n) is 13.9. The highest BCUT2D eigenvalue weighted by molar-refractivity contribution is 6.30. The molecule has 4 atom stereocenters. The minimum absolute atomic E-state index is 0.0817. The number of hydrogen-bond acceptors (Lipinski definition) is 2. The van der Waals surface area contributed by atoms with E-state index in [2.05, 4.69) is 0 Å². The Kier molecular flexibility index (Phi) is 4.40. The van der Waals surface area contributed by atoms with Crippen LogP contribution in [0, 0.1) is 17.6 Å². The normalized spacial score (nSPS) is 30.3. The second-order valence-corrected chi connectivity index (χ2v) is 7.60. The first-order chi connectivity index (χ1) is 12.4. The summed E-state index contributed by atoms with van der Waals surface area (Å²) in [6, 6.07) is 9.12. The van der Waals surface area contributed by atoms with Crippen LogP contribution in [-0.4, -0.2) is 24.0 Å². The molecule has 4 rings (SSSR count). The highest BCUT2D eigenvalue weighted by atomic mass is 35.5. The fraction of sp³-hybridized carbons (Fsp3) is 0.400. The molecule has 1 fully saturated rings. The third kappa shape index (κ3) is 2.69. The summed E-state index contributed by atoms with van der Waals surface area (Å²) in [6.07, 6.45) is -1.84. The average molecular weight is 383 g/mol. The van der Waals surface area contributed by atoms with Gasteiger partial charge in [0.2, 0.25) is 0 Å². The highest BCUT2D eigenvalue weighted by Crippen LogP contribution is 2.54. The monoisotopic (exact) mass is 382 g/mol. The quantitative estimate of drug-likeness (QED) is 0.822. The second kappa shape index (κ2) is 6.46. The standard InChI is InChI=1S/C20H18ClF3O2/c21-12-3-1-11(2-4-12)9-20-8-7-16(25)18(24)13(20)10-26-19-15(23)6-5-14(22)17(19)20/h1-6,13,16,18,25H,7-10H2/t13-,16+,18-,20-/m0/s1. The van der Waals surface area contributed by atoms with Crippen LogP contribution in [-0.2, 0) is 11.8 Å². The highest BCUT2D eigenvalue weighted by Gasteiger charge is 2.55. The Morgan fingerprint density at radius 2 is 1.81 bits per heavy atom. The predicted molar refractivity (Wildman–Crippen MR) is 92.3 cm³/mol. The van der Waals surface area contributed by atoms with Gasteiger partial charge in [-0.2, -0.15) is 0 Å². The molecule has 2 aliphatic rings. The van der Waals surface area contributed by atoms with Gasteiger partial charge < -0.3 is 9.84 Å². The fourth-order valence-corrected chi connectivity index (χ4v) is 4.60. The first kappa shape index (κ1) is 17.7. The summed E-state index contributed by atoms with van der Waals surface area (Å²) >= 11 is 5.94. The molecule has 2 aromatic carbocycles. The van der Waals surface area contributed by atoms with Gasteiger partial charge in [-0.05, 0) is 49.1 Å². The van der Waals surface area contributed by atoms with Crippen molar-refractivity contribution in [2.45, 2.75) is 37.0 Å². The van der Waals surface area contributed by atoms with Crippen molar-refractivity contribution in [1.82, 2.24) is 0 Å². The molecule has 2 aromatic rings. The van der Waals surface area contributed by atoms with Crippen LogP contribution < -0.4 is 4.74 Å². The zero-order chi connectivity index (χ0) is 18.5. The maximum Gasteiger partial charge on any atom is 0.165 e. The number of benzene rings is 2. The van der Waals surface area contributed by atoms with Gasteiger partial charge in [-0.25, -0.2) is 13.2 Å². The molecule has 6 heteroatoms. The van der Waals surface area contributed by atoms with Crippen molar-refractivity contribution in [3.05, 3.63) is 64.2 Å². The van der Waals surface area contributed by atoms with E-state index in [-0.39, 0.29) is 24.3 Å². The van der Waals surface area contributed by atoms with E-state index in [1.165, 1.54) is 0 Å². The summed E-state index contributed by atoms with van der Waals surface area (Å²) in [7, 11) is 0. The number of fused-ring (bicyclic) bond motifs is 3. The molecule has 0 aromatic heterocycles. The molecule has 138 valence electrons. The number of rotatable bonds is 2. The van der Waals surface area contributed by atoms with Crippen LogP contribution in [0.1, 0.15) is 24.0 Å². The van der Waals surface area contributed by atoms with Crippen molar-refractivity contribution in [3.63, 3.8) is 0 Å². The van der Waals surface area contributed by atoms with Gasteiger partial charge in [0.05, 0.1) is 12.7 Å². The van der Waals surface area contributed by atoms with Crippen LogP contribution in [0.15, 0.2) is 36.4 Å². The van der Waals surface area contributed by atoms with Gasteiger partial charge >= 0.3 is 0 Å². The third-order valence-corrected chi connectivity index (χ3v) is 6.00. The van der Waals surface area contributed by atoms with E-state index in [1.54, 1.807) is 24.3 Å². The van der Waals surface area contributed by atoms with Gasteiger partial charge in [-0.1, -0.05) is 23.7 Å². The van der Waals surface area contributed by atoms with Gasteiger partial charge in [-0.15, -0.1) is 0 Å². The van der Waals surface area contributed by atoms with Crippen LogP contribution in [0.2, 0.25) is 5.02 Å². The first-order valence-corrected chi connectivity index (χ1v) is 8.98. The maximum absolute atomic E-state index is 14.9. The van der Waals surface area contributed by atoms with E-state index in [9.17, 15) is 18.3 Å². The Morgan fingerprint density at radius 1 is 1.12 bits per heavy atom. The van der Waals surface area contributed by atoms with E-state index >= 15 is 0 Å². The Balaban J connectivity index is 1.88. The lowest BCUT2D eigenvalue weighted by Crippen LogP contribution is -2.55. The molecule has 26 heavy (non-hydrogen) atoms. The number of aliphatic hydroxyl groups is 1. The molecule has 0 saturated heterocycles. The van der Waals surface area contributed by atoms with Gasteiger partial charge in [0.15, 0.2) is 11.6 Å². The number of halogens is 4. The summed E-state index contributed by atoms with van der Waals surface area (Å²) in [4.78, 5) is 0. The molecule has 0 unspecified atom stereocenters. The molecule has 0 radical (unpaired) electrons. The zero-order valence-corrected chi connectivity index (χ0v) is 14.6. The van der Waals surface area contributed by atoms with E-state index in [4.69, 9.17) is 16.3 Å². The van der Waals surface area contributed by atoms with Crippen molar-refractivity contribution >= 4 is 11.6 Å². The van der Waals surface area contributed by atoms with Crippen LogP contribution in [0.25, 0.3) is 0 Å². The van der Waals surface area contributed by atoms with Crippen molar-refractivity contribution in [3.8, 4) is 5.75 Å². The summed E-state index contributed by atoms with van der Waals surface area (Å²) in [5.41, 5.74) is -0.0514. The van der Waals surface area contributed by atoms with Crippen LogP contribution >= 0.6 is 11.6 Å². The van der Waals surface area contributed by atoms with Crippen LogP contribution in [0.5, 0.6) is 5.75 Å². The van der Waals surface area contributed by atoms with Gasteiger partial charge in [0, 0.05) is 21.9 Å². The molecule has 1 aliphatic heterocycles. The van der Waals surface area contributed by atoms with Crippen LogP contribution in [0.3, 0.4) is 0 Å². The molecule has 1 N–H and O–H groups in total. The first-order valence-electron chi connectivity index (χ1n) is 8.60. The largest absolute Gasteiger partial charge is 0.490 e. The Labute approximate surface area is 154 Å². The number of aliphatic hydroxyl groups excluding tert-OH is 1. The third-order valence-electron chi connectivity index (χ3n) is 5.74. The fourth-order valence-electron chi connectivity index (χ4n) is 4.47. The summed E-state index contributed by atoms with van der Waals surface area (Å²) < 4.78 is 49.4. The van der Waals surface area contributed by atoms with E-state index in [0.717, 1.165) is 17.7 Å². The Bertz CT molecular complexity index is 827. The van der Waals surface area contributed by atoms with Crippen molar-refractivity contribution in [1.29, 1.82) is 0 Å². The van der Waals surface area contributed by atoms with Crippen molar-refractivity contribution < 1.29 is 23.0 Å². The second-order valence-electron chi connectivity index (χ2n) is 7.16. The molecule has 0 bridgehead atoms. The topological polar surface area (TPSA) is 29.5 Å². The predicted octanol–water partition coefficient (Wildman–Crippen LogP) is 4.60. The maximum atomic E-state index is 14.9. The van der Waals surface area contributed by atoms with Gasteiger partial charge in [0.1, 0.15) is 12.0 Å². The van der Waals surface area contributed by atoms with Gasteiger partial charge in [-0.3, -0.25) is 0 Å². The van der Waals surface area contributed by atoms with E-state index < -0.39 is 35.2 Å². The van der Waals surface area contributed by atoms with Gasteiger partial charge in [0.25, 0.3) is 0 Å². The van der Waals surface area contributed by atoms with E-state index in [1.807, 2.05) is 0 Å². The summed E-state index contributed by atoms with van der Waals surface area (Å²) in [5, 5.41) is 10.6. The van der Waals surface area contributed by atoms with Crippen LogP contribution in [0.4, 0.5) is 13.2 Å². The molecule has 1 saturated carbocycles. The lowest BCUT2D eigenvalue weighted by molar-refractivity contribution is -0.0611. The number of hydrogen-bond donors (Lipinski definition) is 1. The Morgan fingerprint density at radius 3 is 2.54 bits per heavy atom. The Hall–Kier alpha value is -1.72. The lowest BCUT2D eigenvalue weighted by atomic mass is 9.57. The molecule has 1 heterocycles.